The number of nitrogens with one attached hydrogen (secondary N) is 2. The Kier molecular flexibility index (Phi) is 8.18. The average molecular weight is 446 g/mol. The van der Waals surface area contributed by atoms with E-state index >= 15 is 0 Å². The minimum absolute atomic E-state index is 0.0790. The molecule has 1 aliphatic heterocycles. The summed E-state index contributed by atoms with van der Waals surface area (Å²) in [6, 6.07) is 13.8. The lowest BCUT2D eigenvalue weighted by atomic mass is 10.1. The first-order valence-electron chi connectivity index (χ1n) is 10.6. The molecule has 31 heavy (non-hydrogen) atoms. The highest BCUT2D eigenvalue weighted by Crippen LogP contribution is 2.26. The van der Waals surface area contributed by atoms with Crippen LogP contribution in [0.2, 0.25) is 5.02 Å². The lowest BCUT2D eigenvalue weighted by molar-refractivity contribution is -0.126. The van der Waals surface area contributed by atoms with Crippen molar-refractivity contribution in [2.24, 2.45) is 0 Å². The van der Waals surface area contributed by atoms with Gasteiger partial charge in [-0.05, 0) is 44.0 Å². The van der Waals surface area contributed by atoms with E-state index < -0.39 is 0 Å². The fourth-order valence-electron chi connectivity index (χ4n) is 3.96. The first-order valence-corrected chi connectivity index (χ1v) is 11.0. The van der Waals surface area contributed by atoms with Gasteiger partial charge in [0.1, 0.15) is 11.5 Å². The molecule has 2 N–H and O–H groups in total. The molecule has 1 aliphatic rings. The molecule has 168 valence electrons. The second-order valence-electron chi connectivity index (χ2n) is 8.23. The normalized spacial score (nSPS) is 18.9. The van der Waals surface area contributed by atoms with Gasteiger partial charge in [-0.1, -0.05) is 29.8 Å². The summed E-state index contributed by atoms with van der Waals surface area (Å²) < 4.78 is 10.8. The lowest BCUT2D eigenvalue weighted by Crippen LogP contribution is -2.45. The Morgan fingerprint density at radius 1 is 1.16 bits per heavy atom. The fraction of sp³-hybridized carbons (Fsp3) is 0.458. The van der Waals surface area contributed by atoms with Crippen LogP contribution >= 0.6 is 11.6 Å². The smallest absolute Gasteiger partial charge is 0.237 e. The first-order chi connectivity index (χ1) is 14.9. The molecule has 2 aromatic rings. The molecule has 0 unspecified atom stereocenters. The van der Waals surface area contributed by atoms with Crippen LogP contribution in [0.5, 0.6) is 11.5 Å². The summed E-state index contributed by atoms with van der Waals surface area (Å²) in [6.45, 7) is 6.13. The highest BCUT2D eigenvalue weighted by atomic mass is 35.5. The number of carbonyl (C=O) groups is 1. The van der Waals surface area contributed by atoms with Crippen molar-refractivity contribution in [3.05, 3.63) is 58.6 Å². The highest BCUT2D eigenvalue weighted by Gasteiger charge is 2.36. The maximum Gasteiger partial charge on any atom is 0.237 e. The van der Waals surface area contributed by atoms with Crippen LogP contribution in [0.4, 0.5) is 0 Å². The molecule has 2 aromatic carbocycles. The van der Waals surface area contributed by atoms with Crippen LogP contribution in [0.3, 0.4) is 0 Å². The molecule has 1 saturated heterocycles. The zero-order valence-corrected chi connectivity index (χ0v) is 19.4. The summed E-state index contributed by atoms with van der Waals surface area (Å²) in [7, 11) is 3.30. The Hall–Kier alpha value is -2.28. The second-order valence-corrected chi connectivity index (χ2v) is 8.66. The average Bonchev–Trinajstić information content (AvgIpc) is 3.16. The molecule has 0 radical (unpaired) electrons. The van der Waals surface area contributed by atoms with E-state index in [1.54, 1.807) is 14.2 Å². The van der Waals surface area contributed by atoms with Crippen molar-refractivity contribution in [1.29, 1.82) is 0 Å². The third-order valence-electron chi connectivity index (χ3n) is 5.51. The monoisotopic (exact) mass is 445 g/mol. The van der Waals surface area contributed by atoms with Crippen LogP contribution in [0.15, 0.2) is 42.5 Å². The van der Waals surface area contributed by atoms with Gasteiger partial charge in [0, 0.05) is 48.4 Å². The van der Waals surface area contributed by atoms with Gasteiger partial charge in [0.2, 0.25) is 5.91 Å². The summed E-state index contributed by atoms with van der Waals surface area (Å²) >= 11 is 6.03. The number of carbonyl (C=O) groups excluding carboxylic acids is 1. The standard InChI is InChI=1S/C24H32ClN3O3/c1-16(2)27-24(29)22-11-20(15-28(22)14-17-5-8-19(25)9-6-17)26-13-18-7-10-21(30-3)12-23(18)31-4/h5-10,12,16,20,22,26H,11,13-15H2,1-4H3,(H,27,29)/t20-,22+/m1/s1. The number of hydrogen-bond acceptors (Lipinski definition) is 5. The quantitative estimate of drug-likeness (QED) is 0.617. The van der Waals surface area contributed by atoms with E-state index in [-0.39, 0.29) is 24.0 Å². The molecule has 0 spiro atoms. The molecule has 2 atom stereocenters. The van der Waals surface area contributed by atoms with Crippen LogP contribution in [0, 0.1) is 0 Å². The fourth-order valence-corrected chi connectivity index (χ4v) is 4.08. The second kappa shape index (κ2) is 10.8. The van der Waals surface area contributed by atoms with E-state index in [0.717, 1.165) is 35.6 Å². The van der Waals surface area contributed by atoms with Gasteiger partial charge in [0.05, 0.1) is 20.3 Å². The van der Waals surface area contributed by atoms with Gasteiger partial charge in [-0.25, -0.2) is 0 Å². The number of methoxy groups -OCH3 is 2. The van der Waals surface area contributed by atoms with Gasteiger partial charge in [-0.3, -0.25) is 9.69 Å². The predicted molar refractivity (Wildman–Crippen MR) is 124 cm³/mol. The van der Waals surface area contributed by atoms with E-state index in [0.29, 0.717) is 18.1 Å². The number of hydrogen-bond donors (Lipinski definition) is 2. The van der Waals surface area contributed by atoms with E-state index in [4.69, 9.17) is 21.1 Å². The van der Waals surface area contributed by atoms with Crippen molar-refractivity contribution in [1.82, 2.24) is 15.5 Å². The zero-order valence-electron chi connectivity index (χ0n) is 18.7. The van der Waals surface area contributed by atoms with E-state index in [2.05, 4.69) is 15.5 Å². The van der Waals surface area contributed by atoms with Crippen molar-refractivity contribution in [3.63, 3.8) is 0 Å². The van der Waals surface area contributed by atoms with Crippen LogP contribution in [-0.2, 0) is 17.9 Å². The molecular weight excluding hydrogens is 414 g/mol. The number of halogens is 1. The Morgan fingerprint density at radius 2 is 1.90 bits per heavy atom. The Balaban J connectivity index is 1.68. The molecule has 1 fully saturated rings. The third kappa shape index (κ3) is 6.35. The molecule has 3 rings (SSSR count). The highest BCUT2D eigenvalue weighted by molar-refractivity contribution is 6.30. The van der Waals surface area contributed by atoms with Gasteiger partial charge in [0.15, 0.2) is 0 Å². The largest absolute Gasteiger partial charge is 0.497 e. The molecule has 0 bridgehead atoms. The maximum atomic E-state index is 12.9. The number of ether oxygens (including phenoxy) is 2. The molecule has 0 saturated carbocycles. The maximum absolute atomic E-state index is 12.9. The molecule has 1 amide bonds. The van der Waals surface area contributed by atoms with Crippen molar-refractivity contribution in [3.8, 4) is 11.5 Å². The molecule has 0 aromatic heterocycles. The Morgan fingerprint density at radius 3 is 2.55 bits per heavy atom. The molecule has 0 aliphatic carbocycles. The SMILES string of the molecule is COc1ccc(CN[C@@H]2C[C@@H](C(=O)NC(C)C)N(Cc3ccc(Cl)cc3)C2)c(OC)c1. The number of amides is 1. The molecule has 7 heteroatoms. The summed E-state index contributed by atoms with van der Waals surface area (Å²) in [5.74, 6) is 1.63. The van der Waals surface area contributed by atoms with Gasteiger partial charge < -0.3 is 20.1 Å². The van der Waals surface area contributed by atoms with Crippen molar-refractivity contribution in [2.75, 3.05) is 20.8 Å². The number of likely N-dealkylation sites (tertiary alicyclic amines) is 1. The third-order valence-corrected chi connectivity index (χ3v) is 5.76. The van der Waals surface area contributed by atoms with Gasteiger partial charge >= 0.3 is 0 Å². The number of benzene rings is 2. The lowest BCUT2D eigenvalue weighted by Gasteiger charge is -2.24. The number of nitrogens with zero attached hydrogens (tertiary/aromatic N) is 1. The minimum Gasteiger partial charge on any atom is -0.497 e. The van der Waals surface area contributed by atoms with Crippen molar-refractivity contribution in [2.45, 2.75) is 51.5 Å². The topological polar surface area (TPSA) is 62.8 Å². The Labute approximate surface area is 189 Å². The number of rotatable bonds is 9. The van der Waals surface area contributed by atoms with E-state index in [1.807, 2.05) is 56.3 Å². The zero-order chi connectivity index (χ0) is 22.4. The van der Waals surface area contributed by atoms with Crippen molar-refractivity contribution < 1.29 is 14.3 Å². The Bertz CT molecular complexity index is 873. The van der Waals surface area contributed by atoms with Gasteiger partial charge in [-0.15, -0.1) is 0 Å². The van der Waals surface area contributed by atoms with Crippen LogP contribution < -0.4 is 20.1 Å². The van der Waals surface area contributed by atoms with Crippen LogP contribution in [-0.4, -0.2) is 49.7 Å². The van der Waals surface area contributed by atoms with Crippen LogP contribution in [0.1, 0.15) is 31.4 Å². The predicted octanol–water partition coefficient (Wildman–Crippen LogP) is 3.61. The summed E-state index contributed by atoms with van der Waals surface area (Å²) in [5, 5.41) is 7.40. The summed E-state index contributed by atoms with van der Waals surface area (Å²) in [4.78, 5) is 15.1. The molecular formula is C24H32ClN3O3. The minimum atomic E-state index is -0.173. The van der Waals surface area contributed by atoms with E-state index in [1.165, 1.54) is 0 Å². The van der Waals surface area contributed by atoms with Gasteiger partial charge in [-0.2, -0.15) is 0 Å². The molecule has 6 nitrogen and oxygen atoms in total. The summed E-state index contributed by atoms with van der Waals surface area (Å²) in [5.41, 5.74) is 2.20. The van der Waals surface area contributed by atoms with Crippen molar-refractivity contribution >= 4 is 17.5 Å². The van der Waals surface area contributed by atoms with Gasteiger partial charge in [0.25, 0.3) is 0 Å². The summed E-state index contributed by atoms with van der Waals surface area (Å²) in [6.07, 6.45) is 0.755. The first kappa shape index (κ1) is 23.4. The molecule has 1 heterocycles. The van der Waals surface area contributed by atoms with Crippen LogP contribution in [0.25, 0.3) is 0 Å². The van der Waals surface area contributed by atoms with E-state index in [9.17, 15) is 4.79 Å².